The highest BCUT2D eigenvalue weighted by Crippen LogP contribution is 2.35. The Morgan fingerprint density at radius 1 is 0.978 bits per heavy atom. The van der Waals surface area contributed by atoms with Crippen molar-refractivity contribution in [1.82, 2.24) is 25.1 Å². The summed E-state index contributed by atoms with van der Waals surface area (Å²) >= 11 is 2.92. The van der Waals surface area contributed by atoms with Crippen LogP contribution in [0.15, 0.2) is 101 Å². The predicted octanol–water partition coefficient (Wildman–Crippen LogP) is 6.35. The van der Waals surface area contributed by atoms with Crippen molar-refractivity contribution >= 4 is 40.6 Å². The van der Waals surface area contributed by atoms with Crippen LogP contribution >= 0.6 is 23.1 Å². The highest BCUT2D eigenvalue weighted by Gasteiger charge is 2.33. The van der Waals surface area contributed by atoms with Crippen molar-refractivity contribution in [2.45, 2.75) is 38.0 Å². The van der Waals surface area contributed by atoms with E-state index in [1.54, 1.807) is 47.7 Å². The number of ether oxygens (including phenoxy) is 1. The van der Waals surface area contributed by atoms with Gasteiger partial charge in [0.2, 0.25) is 0 Å². The number of rotatable bonds is 10. The average Bonchev–Trinajstić information content (AvgIpc) is 3.83. The number of carbonyl (C=O) groups excluding carboxylic acids is 2. The number of thioether (sulfide) groups is 1. The first-order valence-electron chi connectivity index (χ1n) is 14.5. The van der Waals surface area contributed by atoms with Crippen molar-refractivity contribution in [3.8, 4) is 11.4 Å². The number of hydrogen-bond acceptors (Lipinski definition) is 8. The van der Waals surface area contributed by atoms with Gasteiger partial charge in [0.05, 0.1) is 36.0 Å². The van der Waals surface area contributed by atoms with E-state index < -0.39 is 0 Å². The molecule has 1 atom stereocenters. The molecule has 0 radical (unpaired) electrons. The van der Waals surface area contributed by atoms with E-state index in [1.165, 1.54) is 11.8 Å². The molecule has 1 aliphatic heterocycles. The third-order valence-corrected chi connectivity index (χ3v) is 9.31. The van der Waals surface area contributed by atoms with Crippen LogP contribution in [0.5, 0.6) is 5.75 Å². The van der Waals surface area contributed by atoms with Crippen LogP contribution in [0.2, 0.25) is 0 Å². The van der Waals surface area contributed by atoms with E-state index in [0.717, 1.165) is 33.0 Å². The molecule has 2 amide bonds. The molecule has 0 unspecified atom stereocenters. The summed E-state index contributed by atoms with van der Waals surface area (Å²) in [6.45, 7) is 4.21. The summed E-state index contributed by atoms with van der Waals surface area (Å²) in [6.07, 6.45) is 0.650. The highest BCUT2D eigenvalue weighted by atomic mass is 32.2. The minimum atomic E-state index is -0.239. The summed E-state index contributed by atoms with van der Waals surface area (Å²) in [5.41, 5.74) is 5.54. The molecule has 3 heterocycles. The largest absolute Gasteiger partial charge is 0.497 e. The average molecular weight is 637 g/mol. The maximum absolute atomic E-state index is 13.8. The van der Waals surface area contributed by atoms with E-state index in [9.17, 15) is 9.59 Å². The van der Waals surface area contributed by atoms with Gasteiger partial charge in [-0.15, -0.1) is 21.5 Å². The lowest BCUT2D eigenvalue weighted by Crippen LogP contribution is -2.28. The van der Waals surface area contributed by atoms with Crippen LogP contribution < -0.4 is 10.1 Å². The van der Waals surface area contributed by atoms with Gasteiger partial charge < -0.3 is 10.1 Å². The number of aromatic nitrogens is 3. The van der Waals surface area contributed by atoms with Gasteiger partial charge in [-0.25, -0.2) is 5.01 Å². The molecule has 1 N–H and O–H groups in total. The molecule has 11 heteroatoms. The standard InChI is InChI=1S/C34H32N6O3S2/c1-22-9-11-24(12-10-22)29-19-28(30-8-5-17-44-30)38-40(29)32(41)21-45-34-37-36-31(39(34)26-7-4-6-23(2)18-26)20-35-33(42)25-13-15-27(43-3)16-14-25/h4-18,29H,19-21H2,1-3H3,(H,35,42)/t29-/m0/s1. The summed E-state index contributed by atoms with van der Waals surface area (Å²) in [7, 11) is 1.58. The van der Waals surface area contributed by atoms with Gasteiger partial charge in [-0.1, -0.05) is 59.8 Å². The van der Waals surface area contributed by atoms with Gasteiger partial charge in [-0.2, -0.15) is 5.10 Å². The molecule has 0 fully saturated rings. The molecule has 6 rings (SSSR count). The SMILES string of the molecule is COc1ccc(C(=O)NCc2nnc(SCC(=O)N3N=C(c4cccs4)C[C@H]3c3ccc(C)cc3)n2-c2cccc(C)c2)cc1. The molecular formula is C34H32N6O3S2. The van der Waals surface area contributed by atoms with E-state index in [0.29, 0.717) is 28.7 Å². The maximum Gasteiger partial charge on any atom is 0.253 e. The first kappa shape index (κ1) is 30.3. The minimum Gasteiger partial charge on any atom is -0.497 e. The van der Waals surface area contributed by atoms with Gasteiger partial charge in [0.15, 0.2) is 11.0 Å². The summed E-state index contributed by atoms with van der Waals surface area (Å²) < 4.78 is 7.08. The van der Waals surface area contributed by atoms with E-state index >= 15 is 0 Å². The molecular weight excluding hydrogens is 605 g/mol. The van der Waals surface area contributed by atoms with E-state index in [-0.39, 0.29) is 30.2 Å². The second kappa shape index (κ2) is 13.5. The van der Waals surface area contributed by atoms with Crippen LogP contribution in [-0.4, -0.2) is 50.2 Å². The molecule has 0 saturated carbocycles. The number of thiophene rings is 1. The van der Waals surface area contributed by atoms with E-state index in [2.05, 4.69) is 46.7 Å². The fourth-order valence-corrected chi connectivity index (χ4v) is 6.66. The molecule has 45 heavy (non-hydrogen) atoms. The Morgan fingerprint density at radius 2 is 1.78 bits per heavy atom. The predicted molar refractivity (Wildman–Crippen MR) is 177 cm³/mol. The zero-order valence-electron chi connectivity index (χ0n) is 25.1. The molecule has 9 nitrogen and oxygen atoms in total. The third-order valence-electron chi connectivity index (χ3n) is 7.48. The number of carbonyl (C=O) groups is 2. The quantitative estimate of drug-likeness (QED) is 0.179. The lowest BCUT2D eigenvalue weighted by atomic mass is 10.00. The molecule has 2 aromatic heterocycles. The minimum absolute atomic E-state index is 0.117. The van der Waals surface area contributed by atoms with Gasteiger partial charge >= 0.3 is 0 Å². The van der Waals surface area contributed by atoms with Gasteiger partial charge in [-0.05, 0) is 72.8 Å². The number of hydrogen-bond donors (Lipinski definition) is 1. The van der Waals surface area contributed by atoms with Crippen molar-refractivity contribution in [2.24, 2.45) is 5.10 Å². The fourth-order valence-electron chi connectivity index (χ4n) is 5.11. The second-order valence-electron chi connectivity index (χ2n) is 10.7. The van der Waals surface area contributed by atoms with Crippen LogP contribution in [0, 0.1) is 13.8 Å². The first-order valence-corrected chi connectivity index (χ1v) is 16.3. The van der Waals surface area contributed by atoms with Gasteiger partial charge in [0.25, 0.3) is 11.8 Å². The first-order chi connectivity index (χ1) is 21.9. The zero-order chi connectivity index (χ0) is 31.3. The Hall–Kier alpha value is -4.74. The summed E-state index contributed by atoms with van der Waals surface area (Å²) in [5.74, 6) is 0.983. The second-order valence-corrected chi connectivity index (χ2v) is 12.6. The number of benzene rings is 3. The smallest absolute Gasteiger partial charge is 0.253 e. The van der Waals surface area contributed by atoms with Crippen molar-refractivity contribution in [1.29, 1.82) is 0 Å². The van der Waals surface area contributed by atoms with Crippen LogP contribution in [0.3, 0.4) is 0 Å². The normalized spacial score (nSPS) is 14.3. The molecule has 0 aliphatic carbocycles. The number of hydrazone groups is 1. The lowest BCUT2D eigenvalue weighted by Gasteiger charge is -2.22. The summed E-state index contributed by atoms with van der Waals surface area (Å²) in [4.78, 5) is 27.7. The number of nitrogens with one attached hydrogen (secondary N) is 1. The van der Waals surface area contributed by atoms with Crippen molar-refractivity contribution in [3.63, 3.8) is 0 Å². The van der Waals surface area contributed by atoms with Crippen LogP contribution in [-0.2, 0) is 11.3 Å². The monoisotopic (exact) mass is 636 g/mol. The summed E-state index contributed by atoms with van der Waals surface area (Å²) in [5, 5.41) is 20.8. The topological polar surface area (TPSA) is 102 Å². The Kier molecular flexibility index (Phi) is 9.08. The summed E-state index contributed by atoms with van der Waals surface area (Å²) in [6, 6.07) is 27.0. The number of methoxy groups -OCH3 is 1. The van der Waals surface area contributed by atoms with Gasteiger partial charge in [0.1, 0.15) is 5.75 Å². The Labute approximate surface area is 270 Å². The molecule has 3 aromatic carbocycles. The van der Waals surface area contributed by atoms with Crippen LogP contribution in [0.4, 0.5) is 0 Å². The molecule has 0 spiro atoms. The van der Waals surface area contributed by atoms with E-state index in [1.807, 2.05) is 53.3 Å². The van der Waals surface area contributed by atoms with Crippen LogP contribution in [0.1, 0.15) is 50.2 Å². The van der Waals surface area contributed by atoms with Crippen LogP contribution in [0.25, 0.3) is 5.69 Å². The number of aryl methyl sites for hydroxylation is 2. The third kappa shape index (κ3) is 6.84. The van der Waals surface area contributed by atoms with Crippen molar-refractivity contribution < 1.29 is 14.3 Å². The molecule has 1 aliphatic rings. The Bertz CT molecular complexity index is 1830. The lowest BCUT2D eigenvalue weighted by molar-refractivity contribution is -0.130. The molecule has 0 saturated heterocycles. The fraction of sp³-hybridized carbons (Fsp3) is 0.206. The van der Waals surface area contributed by atoms with Crippen molar-refractivity contribution in [3.05, 3.63) is 123 Å². The van der Waals surface area contributed by atoms with Gasteiger partial charge in [0, 0.05) is 17.7 Å². The molecule has 0 bridgehead atoms. The Morgan fingerprint density at radius 3 is 2.49 bits per heavy atom. The van der Waals surface area contributed by atoms with Gasteiger partial charge in [-0.3, -0.25) is 14.2 Å². The Balaban J connectivity index is 1.22. The molecule has 228 valence electrons. The van der Waals surface area contributed by atoms with E-state index in [4.69, 9.17) is 9.84 Å². The maximum atomic E-state index is 13.8. The molecule has 5 aromatic rings. The zero-order valence-corrected chi connectivity index (χ0v) is 26.8. The number of nitrogens with zero attached hydrogens (tertiary/aromatic N) is 5. The van der Waals surface area contributed by atoms with Crippen molar-refractivity contribution in [2.75, 3.05) is 12.9 Å². The number of amides is 2. The highest BCUT2D eigenvalue weighted by molar-refractivity contribution is 7.99.